The maximum Gasteiger partial charge on any atom is 0.318 e. The summed E-state index contributed by atoms with van der Waals surface area (Å²) < 4.78 is 0. The zero-order valence-electron chi connectivity index (χ0n) is 30.8. The van der Waals surface area contributed by atoms with Gasteiger partial charge in [-0.25, -0.2) is 0 Å². The summed E-state index contributed by atoms with van der Waals surface area (Å²) in [6.45, 7) is 27.4. The molecule has 2 N–H and O–H groups in total. The Kier molecular flexibility index (Phi) is 10.4. The van der Waals surface area contributed by atoms with Gasteiger partial charge in [0.1, 0.15) is 5.60 Å². The topological polar surface area (TPSA) is 139 Å². The normalized spacial score (nSPS) is 14.0. The molecule has 0 aliphatic carbocycles. The highest BCUT2D eigenvalue weighted by Gasteiger charge is 2.42. The van der Waals surface area contributed by atoms with E-state index in [1.165, 1.54) is 6.21 Å². The number of aromatic hydroxyl groups is 1. The summed E-state index contributed by atoms with van der Waals surface area (Å²) in [5, 5.41) is 47.5. The van der Waals surface area contributed by atoms with Gasteiger partial charge in [0, 0.05) is 17.8 Å². The maximum absolute atomic E-state index is 13.4. The summed E-state index contributed by atoms with van der Waals surface area (Å²) in [6.07, 6.45) is 1.53. The average Bonchev–Trinajstić information content (AvgIpc) is 2.95. The predicted octanol–water partition coefficient (Wildman–Crippen LogP) is 9.53. The monoisotopic (exact) mass is 659 g/mol. The number of aliphatic hydroxyl groups is 1. The number of hydrogen-bond donors (Lipinski definition) is 2. The highest BCUT2D eigenvalue weighted by atomic mass is 16.6. The fourth-order valence-electron chi connectivity index (χ4n) is 5.63. The van der Waals surface area contributed by atoms with Gasteiger partial charge >= 0.3 is 5.69 Å². The van der Waals surface area contributed by atoms with E-state index < -0.39 is 38.6 Å². The van der Waals surface area contributed by atoms with E-state index in [9.17, 15) is 30.4 Å². The minimum atomic E-state index is -1.71. The van der Waals surface area contributed by atoms with Crippen LogP contribution in [-0.4, -0.2) is 32.3 Å². The second kappa shape index (κ2) is 13.1. The Labute approximate surface area is 285 Å². The van der Waals surface area contributed by atoms with Crippen LogP contribution in [0.3, 0.4) is 0 Å². The van der Waals surface area contributed by atoms with Crippen molar-refractivity contribution in [2.45, 2.75) is 130 Å². The molecule has 3 aromatic rings. The van der Waals surface area contributed by atoms with Crippen LogP contribution in [0.4, 0.5) is 11.4 Å². The largest absolute Gasteiger partial charge is 0.502 e. The number of phenols is 1. The van der Waals surface area contributed by atoms with Crippen LogP contribution in [0.2, 0.25) is 0 Å². The first-order valence-corrected chi connectivity index (χ1v) is 16.5. The van der Waals surface area contributed by atoms with Crippen molar-refractivity contribution in [2.24, 2.45) is 4.99 Å². The number of hydrogen-bond acceptors (Lipinski definition) is 7. The first kappa shape index (κ1) is 38.3. The van der Waals surface area contributed by atoms with Gasteiger partial charge in [-0.15, -0.1) is 0 Å². The molecule has 0 fully saturated rings. The molecule has 3 aromatic carbocycles. The SMILES string of the molecule is CCC(N=Cc1cc([N+](=O)[O-])cc([N+](=O)[O-])c1O)C(O)(c1cc(C(C)(C)C)cc(C(C)(C)C)c1)c1cc(C(C)(C)C)cc(C(C)(C)C)c1. The number of non-ortho nitro benzene ring substituents is 1. The summed E-state index contributed by atoms with van der Waals surface area (Å²) in [7, 11) is 0. The number of nitro benzene ring substituents is 2. The summed E-state index contributed by atoms with van der Waals surface area (Å²) >= 11 is 0. The van der Waals surface area contributed by atoms with Gasteiger partial charge in [-0.2, -0.15) is 0 Å². The summed E-state index contributed by atoms with van der Waals surface area (Å²) in [5.41, 5.74) is 1.19. The van der Waals surface area contributed by atoms with Crippen LogP contribution < -0.4 is 0 Å². The lowest BCUT2D eigenvalue weighted by Crippen LogP contribution is -2.41. The maximum atomic E-state index is 13.4. The van der Waals surface area contributed by atoms with Gasteiger partial charge in [0.25, 0.3) is 5.69 Å². The zero-order valence-corrected chi connectivity index (χ0v) is 30.8. The van der Waals surface area contributed by atoms with Gasteiger partial charge in [-0.3, -0.25) is 25.2 Å². The molecule has 0 spiro atoms. The van der Waals surface area contributed by atoms with Crippen LogP contribution in [0.1, 0.15) is 135 Å². The number of nitro groups is 2. The molecule has 260 valence electrons. The van der Waals surface area contributed by atoms with Gasteiger partial charge < -0.3 is 10.2 Å². The molecular formula is C39H53N3O6. The first-order valence-electron chi connectivity index (χ1n) is 16.5. The Hall–Kier alpha value is -4.11. The van der Waals surface area contributed by atoms with Crippen molar-refractivity contribution < 1.29 is 20.1 Å². The van der Waals surface area contributed by atoms with Gasteiger partial charge in [-0.05, 0) is 61.5 Å². The molecule has 9 heteroatoms. The third kappa shape index (κ3) is 8.12. The molecule has 48 heavy (non-hydrogen) atoms. The Bertz CT molecular complexity index is 1590. The Morgan fingerprint density at radius 2 is 1.00 bits per heavy atom. The van der Waals surface area contributed by atoms with Crippen LogP contribution in [0.25, 0.3) is 0 Å². The van der Waals surface area contributed by atoms with E-state index >= 15 is 0 Å². The average molecular weight is 660 g/mol. The highest BCUT2D eigenvalue weighted by Crippen LogP contribution is 2.44. The molecule has 0 aliphatic rings. The van der Waals surface area contributed by atoms with Crippen molar-refractivity contribution in [3.8, 4) is 5.75 Å². The number of aliphatic imine (C=N–C) groups is 1. The molecule has 0 aromatic heterocycles. The molecule has 9 nitrogen and oxygen atoms in total. The molecule has 0 saturated heterocycles. The summed E-state index contributed by atoms with van der Waals surface area (Å²) in [4.78, 5) is 26.5. The smallest absolute Gasteiger partial charge is 0.318 e. The predicted molar refractivity (Wildman–Crippen MR) is 194 cm³/mol. The van der Waals surface area contributed by atoms with Crippen LogP contribution in [-0.2, 0) is 27.3 Å². The molecule has 0 radical (unpaired) electrons. The molecule has 1 unspecified atom stereocenters. The van der Waals surface area contributed by atoms with Crippen molar-refractivity contribution in [3.63, 3.8) is 0 Å². The van der Waals surface area contributed by atoms with Crippen molar-refractivity contribution >= 4 is 17.6 Å². The van der Waals surface area contributed by atoms with Crippen molar-refractivity contribution in [1.82, 2.24) is 0 Å². The standard InChI is InChI=1S/C39H53N3O6/c1-14-33(40-23-24-15-31(41(45)46)22-32(34(24)43)42(47)48)39(44,29-18-25(35(2,3)4)16-26(19-29)36(5,6)7)30-20-27(37(8,9)10)17-28(21-30)38(11,12)13/h15-23,33,43-44H,14H2,1-13H3. The molecule has 0 saturated carbocycles. The first-order chi connectivity index (χ1) is 21.7. The van der Waals surface area contributed by atoms with E-state index in [4.69, 9.17) is 4.99 Å². The van der Waals surface area contributed by atoms with Crippen molar-refractivity contribution in [2.75, 3.05) is 0 Å². The summed E-state index contributed by atoms with van der Waals surface area (Å²) in [6, 6.07) is 13.4. The lowest BCUT2D eigenvalue weighted by Gasteiger charge is -2.39. The van der Waals surface area contributed by atoms with Crippen molar-refractivity contribution in [3.05, 3.63) is 108 Å². The molecule has 0 aliphatic heterocycles. The third-order valence-corrected chi connectivity index (χ3v) is 8.98. The molecule has 3 rings (SSSR count). The molecule has 0 heterocycles. The minimum absolute atomic E-state index is 0.186. The van der Waals surface area contributed by atoms with Crippen molar-refractivity contribution in [1.29, 1.82) is 0 Å². The second-order valence-electron chi connectivity index (χ2n) is 17.0. The molecule has 1 atom stereocenters. The number of phenolic OH excluding ortho intramolecular Hbond substituents is 1. The Morgan fingerprint density at radius 1 is 0.646 bits per heavy atom. The van der Waals surface area contributed by atoms with Crippen LogP contribution in [0.15, 0.2) is 53.5 Å². The number of rotatable bonds is 8. The molecule has 0 amide bonds. The van der Waals surface area contributed by atoms with E-state index in [1.54, 1.807) is 0 Å². The van der Waals surface area contributed by atoms with Gasteiger partial charge in [-0.1, -0.05) is 126 Å². The second-order valence-corrected chi connectivity index (χ2v) is 17.0. The Balaban J connectivity index is 2.52. The van der Waals surface area contributed by atoms with E-state index in [0.29, 0.717) is 17.5 Å². The van der Waals surface area contributed by atoms with E-state index in [-0.39, 0.29) is 27.2 Å². The van der Waals surface area contributed by atoms with Crippen LogP contribution in [0.5, 0.6) is 5.75 Å². The lowest BCUT2D eigenvalue weighted by atomic mass is 9.71. The fourth-order valence-corrected chi connectivity index (χ4v) is 5.63. The molecular weight excluding hydrogens is 606 g/mol. The summed E-state index contributed by atoms with van der Waals surface area (Å²) in [5.74, 6) is -0.734. The quantitative estimate of drug-likeness (QED) is 0.140. The van der Waals surface area contributed by atoms with Crippen LogP contribution >= 0.6 is 0 Å². The minimum Gasteiger partial charge on any atom is -0.502 e. The van der Waals surface area contributed by atoms with E-state index in [1.807, 2.05) is 31.2 Å². The number of nitrogens with zero attached hydrogens (tertiary/aromatic N) is 3. The van der Waals surface area contributed by atoms with Gasteiger partial charge in [0.2, 0.25) is 5.75 Å². The fraction of sp³-hybridized carbons (Fsp3) is 0.513. The van der Waals surface area contributed by atoms with Gasteiger partial charge in [0.05, 0.1) is 22.0 Å². The van der Waals surface area contributed by atoms with E-state index in [2.05, 4.69) is 95.2 Å². The highest BCUT2D eigenvalue weighted by molar-refractivity contribution is 5.87. The number of benzene rings is 3. The third-order valence-electron chi connectivity index (χ3n) is 8.98. The lowest BCUT2D eigenvalue weighted by molar-refractivity contribution is -0.394. The molecule has 0 bridgehead atoms. The Morgan fingerprint density at radius 3 is 1.29 bits per heavy atom. The van der Waals surface area contributed by atoms with Crippen LogP contribution in [0, 0.1) is 20.2 Å². The van der Waals surface area contributed by atoms with E-state index in [0.717, 1.165) is 34.4 Å². The van der Waals surface area contributed by atoms with Gasteiger partial charge in [0.15, 0.2) is 0 Å². The zero-order chi connectivity index (χ0) is 36.8.